The molecule has 2 heterocycles. The van der Waals surface area contributed by atoms with E-state index in [0.717, 1.165) is 47.8 Å². The fourth-order valence-corrected chi connectivity index (χ4v) is 4.43. The van der Waals surface area contributed by atoms with E-state index in [2.05, 4.69) is 29.4 Å². The van der Waals surface area contributed by atoms with Crippen LogP contribution in [-0.4, -0.2) is 15.9 Å². The Balaban J connectivity index is 1.45. The molecule has 0 saturated heterocycles. The number of hydrogen-bond donors (Lipinski definition) is 1. The largest absolute Gasteiger partial charge is 0.326 e. The number of anilines is 1. The first-order valence-electron chi connectivity index (χ1n) is 9.02. The molecular formula is C21H21N3OS. The smallest absolute Gasteiger partial charge is 0.227 e. The van der Waals surface area contributed by atoms with Gasteiger partial charge in [-0.05, 0) is 55.5 Å². The van der Waals surface area contributed by atoms with Crippen LogP contribution in [0.5, 0.6) is 0 Å². The van der Waals surface area contributed by atoms with Gasteiger partial charge in [-0.15, -0.1) is 11.3 Å². The molecule has 1 atom stereocenters. The van der Waals surface area contributed by atoms with Crippen molar-refractivity contribution < 1.29 is 4.79 Å². The highest BCUT2D eigenvalue weighted by Crippen LogP contribution is 2.34. The molecule has 1 unspecified atom stereocenters. The van der Waals surface area contributed by atoms with Crippen molar-refractivity contribution in [3.63, 3.8) is 0 Å². The van der Waals surface area contributed by atoms with E-state index in [1.54, 1.807) is 17.5 Å². The summed E-state index contributed by atoms with van der Waals surface area (Å²) >= 11 is 1.67. The van der Waals surface area contributed by atoms with Gasteiger partial charge in [-0.25, -0.2) is 4.98 Å². The first-order valence-corrected chi connectivity index (χ1v) is 9.84. The summed E-state index contributed by atoms with van der Waals surface area (Å²) in [6, 6.07) is 14.0. The van der Waals surface area contributed by atoms with E-state index in [9.17, 15) is 4.79 Å². The number of pyridine rings is 1. The maximum Gasteiger partial charge on any atom is 0.227 e. The highest BCUT2D eigenvalue weighted by molar-refractivity contribution is 7.15. The molecule has 1 aliphatic carbocycles. The minimum Gasteiger partial charge on any atom is -0.326 e. The van der Waals surface area contributed by atoms with Crippen LogP contribution in [0.2, 0.25) is 0 Å². The number of amides is 1. The minimum absolute atomic E-state index is 0.00499. The number of benzene rings is 1. The van der Waals surface area contributed by atoms with Gasteiger partial charge in [0.05, 0.1) is 11.4 Å². The molecule has 1 aliphatic rings. The Morgan fingerprint density at radius 1 is 1.23 bits per heavy atom. The molecule has 2 aromatic heterocycles. The van der Waals surface area contributed by atoms with Gasteiger partial charge in [0.25, 0.3) is 0 Å². The van der Waals surface area contributed by atoms with E-state index in [4.69, 9.17) is 4.98 Å². The Labute approximate surface area is 157 Å². The molecule has 0 saturated carbocycles. The number of fused-ring (bicyclic) bond motifs is 1. The third kappa shape index (κ3) is 3.53. The van der Waals surface area contributed by atoms with Gasteiger partial charge in [0, 0.05) is 22.7 Å². The Bertz CT molecular complexity index is 903. The van der Waals surface area contributed by atoms with Crippen molar-refractivity contribution in [2.24, 2.45) is 5.92 Å². The summed E-state index contributed by atoms with van der Waals surface area (Å²) < 4.78 is 0. The lowest BCUT2D eigenvalue weighted by atomic mass is 9.90. The third-order valence-electron chi connectivity index (χ3n) is 4.82. The second-order valence-corrected chi connectivity index (χ2v) is 7.67. The minimum atomic E-state index is 0.00499. The summed E-state index contributed by atoms with van der Waals surface area (Å²) in [4.78, 5) is 23.0. The molecule has 1 amide bonds. The van der Waals surface area contributed by atoms with Crippen LogP contribution in [0.4, 0.5) is 5.69 Å². The summed E-state index contributed by atoms with van der Waals surface area (Å²) in [7, 11) is 0. The van der Waals surface area contributed by atoms with Gasteiger partial charge in [-0.2, -0.15) is 0 Å². The fourth-order valence-electron chi connectivity index (χ4n) is 3.27. The molecule has 4 rings (SSSR count). The molecular weight excluding hydrogens is 342 g/mol. The number of nitrogens with one attached hydrogen (secondary N) is 1. The number of thiazole rings is 1. The van der Waals surface area contributed by atoms with Crippen LogP contribution < -0.4 is 5.32 Å². The van der Waals surface area contributed by atoms with Gasteiger partial charge in [0.15, 0.2) is 0 Å². The zero-order valence-electron chi connectivity index (χ0n) is 14.7. The van der Waals surface area contributed by atoms with Gasteiger partial charge in [0.2, 0.25) is 5.91 Å². The number of carbonyl (C=O) groups excluding carboxylic acids is 1. The molecule has 0 radical (unpaired) electrons. The standard InChI is InChI=1S/C21H21N3OS/c1-2-14-6-9-16(10-7-14)23-20(25)15-8-11-17-19(13-15)26-21(24-17)18-5-3-4-12-22-18/h3-7,9-10,12,15H,2,8,11,13H2,1H3,(H,23,25). The van der Waals surface area contributed by atoms with Crippen molar-refractivity contribution in [3.8, 4) is 10.7 Å². The Hall–Kier alpha value is -2.53. The zero-order chi connectivity index (χ0) is 17.9. The molecule has 0 spiro atoms. The van der Waals surface area contributed by atoms with Crippen LogP contribution >= 0.6 is 11.3 Å². The van der Waals surface area contributed by atoms with Gasteiger partial charge in [-0.1, -0.05) is 25.1 Å². The van der Waals surface area contributed by atoms with E-state index < -0.39 is 0 Å². The second-order valence-electron chi connectivity index (χ2n) is 6.58. The monoisotopic (exact) mass is 363 g/mol. The van der Waals surface area contributed by atoms with Crippen LogP contribution in [0.3, 0.4) is 0 Å². The van der Waals surface area contributed by atoms with Crippen LogP contribution in [0.1, 0.15) is 29.5 Å². The SMILES string of the molecule is CCc1ccc(NC(=O)C2CCc3nc(-c4ccccn4)sc3C2)cc1. The first-order chi connectivity index (χ1) is 12.7. The number of hydrogen-bond acceptors (Lipinski definition) is 4. The second kappa shape index (κ2) is 7.38. The summed E-state index contributed by atoms with van der Waals surface area (Å²) in [5.41, 5.74) is 4.18. The molecule has 0 aliphatic heterocycles. The average Bonchev–Trinajstić information content (AvgIpc) is 3.12. The van der Waals surface area contributed by atoms with Gasteiger partial charge in [0.1, 0.15) is 5.01 Å². The fraction of sp³-hybridized carbons (Fsp3) is 0.286. The summed E-state index contributed by atoms with van der Waals surface area (Å²) in [5.74, 6) is 0.109. The number of aromatic nitrogens is 2. The van der Waals surface area contributed by atoms with Crippen molar-refractivity contribution in [3.05, 3.63) is 64.8 Å². The van der Waals surface area contributed by atoms with Crippen molar-refractivity contribution >= 4 is 22.9 Å². The third-order valence-corrected chi connectivity index (χ3v) is 5.97. The lowest BCUT2D eigenvalue weighted by molar-refractivity contribution is -0.120. The molecule has 3 aromatic rings. The number of nitrogens with zero attached hydrogens (tertiary/aromatic N) is 2. The van der Waals surface area contributed by atoms with Crippen LogP contribution in [-0.2, 0) is 24.1 Å². The molecule has 0 bridgehead atoms. The highest BCUT2D eigenvalue weighted by Gasteiger charge is 2.28. The molecule has 4 nitrogen and oxygen atoms in total. The zero-order valence-corrected chi connectivity index (χ0v) is 15.6. The van der Waals surface area contributed by atoms with Crippen molar-refractivity contribution in [1.29, 1.82) is 0 Å². The Morgan fingerprint density at radius 2 is 2.08 bits per heavy atom. The first kappa shape index (κ1) is 16.9. The molecule has 26 heavy (non-hydrogen) atoms. The highest BCUT2D eigenvalue weighted by atomic mass is 32.1. The lowest BCUT2D eigenvalue weighted by Gasteiger charge is -2.20. The van der Waals surface area contributed by atoms with Gasteiger partial charge in [-0.3, -0.25) is 9.78 Å². The summed E-state index contributed by atoms with van der Waals surface area (Å²) in [5, 5.41) is 4.02. The molecule has 5 heteroatoms. The topological polar surface area (TPSA) is 54.9 Å². The number of aryl methyl sites for hydroxylation is 2. The van der Waals surface area contributed by atoms with Gasteiger partial charge < -0.3 is 5.32 Å². The molecule has 1 aromatic carbocycles. The normalized spacial score (nSPS) is 16.1. The molecule has 0 fully saturated rings. The summed E-state index contributed by atoms with van der Waals surface area (Å²) in [6.07, 6.45) is 5.25. The van der Waals surface area contributed by atoms with Crippen molar-refractivity contribution in [2.75, 3.05) is 5.32 Å². The number of carbonyl (C=O) groups is 1. The van der Waals surface area contributed by atoms with Gasteiger partial charge >= 0.3 is 0 Å². The predicted octanol–water partition coefficient (Wildman–Crippen LogP) is 4.51. The maximum atomic E-state index is 12.7. The van der Waals surface area contributed by atoms with E-state index in [1.807, 2.05) is 30.3 Å². The molecule has 132 valence electrons. The Morgan fingerprint density at radius 3 is 2.81 bits per heavy atom. The van der Waals surface area contributed by atoms with Crippen molar-refractivity contribution in [2.45, 2.75) is 32.6 Å². The van der Waals surface area contributed by atoms with Crippen molar-refractivity contribution in [1.82, 2.24) is 9.97 Å². The quantitative estimate of drug-likeness (QED) is 0.742. The van der Waals surface area contributed by atoms with Crippen LogP contribution in [0, 0.1) is 5.92 Å². The molecule has 1 N–H and O–H groups in total. The van der Waals surface area contributed by atoms with Crippen LogP contribution in [0.15, 0.2) is 48.7 Å². The summed E-state index contributed by atoms with van der Waals surface area (Å²) in [6.45, 7) is 2.13. The van der Waals surface area contributed by atoms with Crippen LogP contribution in [0.25, 0.3) is 10.7 Å². The van der Waals surface area contributed by atoms with E-state index in [-0.39, 0.29) is 11.8 Å². The van der Waals surface area contributed by atoms with E-state index in [1.165, 1.54) is 10.4 Å². The Kier molecular flexibility index (Phi) is 4.80. The number of rotatable bonds is 4. The maximum absolute atomic E-state index is 12.7. The lowest BCUT2D eigenvalue weighted by Crippen LogP contribution is -2.27. The average molecular weight is 363 g/mol. The van der Waals surface area contributed by atoms with E-state index in [0.29, 0.717) is 0 Å². The predicted molar refractivity (Wildman–Crippen MR) is 105 cm³/mol. The van der Waals surface area contributed by atoms with E-state index >= 15 is 0 Å².